The maximum Gasteiger partial charge on any atom is 0.183 e. The first-order valence-electron chi connectivity index (χ1n) is 6.02. The number of nitrogens with zero attached hydrogens (tertiary/aromatic N) is 2. The van der Waals surface area contributed by atoms with Crippen molar-refractivity contribution in [3.63, 3.8) is 0 Å². The largest absolute Gasteiger partial charge is 0.497 e. The molecule has 0 atom stereocenters. The van der Waals surface area contributed by atoms with Crippen LogP contribution in [0.4, 0.5) is 5.13 Å². The Hall–Kier alpha value is -1.33. The first kappa shape index (κ1) is 13.1. The molecule has 2 aromatic rings. The van der Waals surface area contributed by atoms with Gasteiger partial charge in [0.05, 0.1) is 17.3 Å². The lowest BCUT2D eigenvalue weighted by Crippen LogP contribution is -2.16. The van der Waals surface area contributed by atoms with E-state index >= 15 is 0 Å². The molecule has 0 bridgehead atoms. The van der Waals surface area contributed by atoms with Gasteiger partial charge in [-0.3, -0.25) is 0 Å². The number of methoxy groups -OCH3 is 1. The van der Waals surface area contributed by atoms with Crippen LogP contribution in [0.25, 0.3) is 10.2 Å². The number of rotatable bonds is 6. The van der Waals surface area contributed by atoms with Crippen LogP contribution in [0.1, 0.15) is 6.42 Å². The summed E-state index contributed by atoms with van der Waals surface area (Å²) in [6.07, 6.45) is 1.12. The second-order valence-electron chi connectivity index (χ2n) is 4.44. The summed E-state index contributed by atoms with van der Waals surface area (Å²) < 4.78 is 6.37. The van der Waals surface area contributed by atoms with Crippen LogP contribution in [0.5, 0.6) is 5.75 Å². The summed E-state index contributed by atoms with van der Waals surface area (Å²) in [5.41, 5.74) is 1.02. The van der Waals surface area contributed by atoms with Gasteiger partial charge in [0.15, 0.2) is 5.13 Å². The van der Waals surface area contributed by atoms with Crippen molar-refractivity contribution >= 4 is 26.7 Å². The van der Waals surface area contributed by atoms with E-state index in [1.165, 1.54) is 0 Å². The highest BCUT2D eigenvalue weighted by Gasteiger charge is 2.04. The Morgan fingerprint density at radius 3 is 2.94 bits per heavy atom. The zero-order chi connectivity index (χ0) is 13.0. The zero-order valence-electron chi connectivity index (χ0n) is 11.1. The molecule has 0 saturated heterocycles. The number of thiazole rings is 1. The number of hydrogen-bond donors (Lipinski definition) is 1. The third kappa shape index (κ3) is 3.34. The maximum absolute atomic E-state index is 5.21. The van der Waals surface area contributed by atoms with Gasteiger partial charge in [0.25, 0.3) is 0 Å². The van der Waals surface area contributed by atoms with Crippen LogP contribution < -0.4 is 10.1 Å². The molecule has 4 nitrogen and oxygen atoms in total. The number of benzene rings is 1. The smallest absolute Gasteiger partial charge is 0.183 e. The van der Waals surface area contributed by atoms with E-state index in [1.54, 1.807) is 18.4 Å². The lowest BCUT2D eigenvalue weighted by molar-refractivity contribution is 0.405. The van der Waals surface area contributed by atoms with E-state index in [9.17, 15) is 0 Å². The molecule has 1 aromatic heterocycles. The summed E-state index contributed by atoms with van der Waals surface area (Å²) in [7, 11) is 5.86. The van der Waals surface area contributed by atoms with Crippen molar-refractivity contribution in [3.8, 4) is 5.75 Å². The van der Waals surface area contributed by atoms with E-state index in [2.05, 4.69) is 29.3 Å². The standard InChI is InChI=1S/C13H19N3OS/c1-16(2)8-4-7-14-13-15-11-6-5-10(17-3)9-12(11)18-13/h5-6,9H,4,7-8H2,1-3H3,(H,14,15). The summed E-state index contributed by atoms with van der Waals surface area (Å²) in [6.45, 7) is 2.04. The number of hydrogen-bond acceptors (Lipinski definition) is 5. The molecule has 98 valence electrons. The van der Waals surface area contributed by atoms with E-state index in [0.717, 1.165) is 40.6 Å². The summed E-state index contributed by atoms with van der Waals surface area (Å²) in [4.78, 5) is 6.73. The predicted molar refractivity (Wildman–Crippen MR) is 77.8 cm³/mol. The fourth-order valence-electron chi connectivity index (χ4n) is 1.70. The number of anilines is 1. The van der Waals surface area contributed by atoms with Crippen LogP contribution in [0, 0.1) is 0 Å². The molecule has 18 heavy (non-hydrogen) atoms. The molecule has 5 heteroatoms. The van der Waals surface area contributed by atoms with E-state index in [1.807, 2.05) is 18.2 Å². The summed E-state index contributed by atoms with van der Waals surface area (Å²) in [5, 5.41) is 4.35. The van der Waals surface area contributed by atoms with Gasteiger partial charge in [-0.25, -0.2) is 4.98 Å². The minimum atomic E-state index is 0.880. The van der Waals surface area contributed by atoms with Crippen molar-refractivity contribution in [3.05, 3.63) is 18.2 Å². The quantitative estimate of drug-likeness (QED) is 0.815. The summed E-state index contributed by atoms with van der Waals surface area (Å²) in [5.74, 6) is 0.880. The first-order valence-corrected chi connectivity index (χ1v) is 6.84. The third-order valence-corrected chi connectivity index (χ3v) is 3.63. The molecule has 1 N–H and O–H groups in total. The van der Waals surface area contributed by atoms with Gasteiger partial charge in [-0.2, -0.15) is 0 Å². The van der Waals surface area contributed by atoms with E-state index in [-0.39, 0.29) is 0 Å². The molecular weight excluding hydrogens is 246 g/mol. The predicted octanol–water partition coefficient (Wildman–Crippen LogP) is 2.67. The van der Waals surface area contributed by atoms with Crippen molar-refractivity contribution in [2.24, 2.45) is 0 Å². The molecule has 0 aliphatic carbocycles. The monoisotopic (exact) mass is 265 g/mol. The van der Waals surface area contributed by atoms with Gasteiger partial charge in [0.1, 0.15) is 5.75 Å². The Bertz CT molecular complexity index is 510. The molecule has 0 radical (unpaired) electrons. The normalized spacial score (nSPS) is 11.1. The highest BCUT2D eigenvalue weighted by Crippen LogP contribution is 2.28. The summed E-state index contributed by atoms with van der Waals surface area (Å²) >= 11 is 1.67. The first-order chi connectivity index (χ1) is 8.69. The molecule has 0 aliphatic heterocycles. The number of ether oxygens (including phenoxy) is 1. The van der Waals surface area contributed by atoms with Gasteiger partial charge in [0, 0.05) is 6.54 Å². The fraction of sp³-hybridized carbons (Fsp3) is 0.462. The van der Waals surface area contributed by atoms with Gasteiger partial charge in [-0.1, -0.05) is 11.3 Å². The van der Waals surface area contributed by atoms with Gasteiger partial charge < -0.3 is 15.0 Å². The van der Waals surface area contributed by atoms with Gasteiger partial charge in [0.2, 0.25) is 0 Å². The number of fused-ring (bicyclic) bond motifs is 1. The van der Waals surface area contributed by atoms with Crippen molar-refractivity contribution in [1.29, 1.82) is 0 Å². The minimum Gasteiger partial charge on any atom is -0.497 e. The van der Waals surface area contributed by atoms with Gasteiger partial charge in [-0.05, 0) is 45.3 Å². The van der Waals surface area contributed by atoms with Crippen LogP contribution in [0.15, 0.2) is 18.2 Å². The van der Waals surface area contributed by atoms with E-state index in [4.69, 9.17) is 4.74 Å². The van der Waals surface area contributed by atoms with Crippen LogP contribution >= 0.6 is 11.3 Å². The highest BCUT2D eigenvalue weighted by molar-refractivity contribution is 7.22. The Morgan fingerprint density at radius 2 is 2.22 bits per heavy atom. The van der Waals surface area contributed by atoms with Crippen LogP contribution in [0.3, 0.4) is 0 Å². The molecule has 0 fully saturated rings. The zero-order valence-corrected chi connectivity index (χ0v) is 11.9. The number of aromatic nitrogens is 1. The molecule has 1 heterocycles. The van der Waals surface area contributed by atoms with Crippen molar-refractivity contribution < 1.29 is 4.74 Å². The van der Waals surface area contributed by atoms with Gasteiger partial charge in [-0.15, -0.1) is 0 Å². The fourth-order valence-corrected chi connectivity index (χ4v) is 2.62. The Balaban J connectivity index is 1.97. The Labute approximate surface area is 112 Å². The second kappa shape index (κ2) is 6.02. The molecule has 0 amide bonds. The Kier molecular flexibility index (Phi) is 4.38. The average Bonchev–Trinajstić information content (AvgIpc) is 2.75. The topological polar surface area (TPSA) is 37.4 Å². The molecule has 0 aliphatic rings. The van der Waals surface area contributed by atoms with Crippen molar-refractivity contribution in [2.45, 2.75) is 6.42 Å². The molecule has 1 aromatic carbocycles. The lowest BCUT2D eigenvalue weighted by atomic mass is 10.3. The Morgan fingerprint density at radius 1 is 1.39 bits per heavy atom. The van der Waals surface area contributed by atoms with Crippen molar-refractivity contribution in [1.82, 2.24) is 9.88 Å². The third-order valence-electron chi connectivity index (χ3n) is 2.65. The molecule has 0 saturated carbocycles. The van der Waals surface area contributed by atoms with Crippen LogP contribution in [-0.2, 0) is 0 Å². The number of nitrogens with one attached hydrogen (secondary N) is 1. The molecular formula is C13H19N3OS. The maximum atomic E-state index is 5.21. The van der Waals surface area contributed by atoms with E-state index < -0.39 is 0 Å². The van der Waals surface area contributed by atoms with Crippen LogP contribution in [0.2, 0.25) is 0 Å². The highest BCUT2D eigenvalue weighted by atomic mass is 32.1. The average molecular weight is 265 g/mol. The summed E-state index contributed by atoms with van der Waals surface area (Å²) in [6, 6.07) is 5.96. The van der Waals surface area contributed by atoms with E-state index in [0.29, 0.717) is 0 Å². The SMILES string of the molecule is COc1ccc2nc(NCCCN(C)C)sc2c1. The second-order valence-corrected chi connectivity index (χ2v) is 5.47. The molecule has 0 unspecified atom stereocenters. The van der Waals surface area contributed by atoms with Gasteiger partial charge >= 0.3 is 0 Å². The van der Waals surface area contributed by atoms with Crippen LogP contribution in [-0.4, -0.2) is 44.2 Å². The molecule has 2 rings (SSSR count). The molecule has 0 spiro atoms. The lowest BCUT2D eigenvalue weighted by Gasteiger charge is -2.08. The minimum absolute atomic E-state index is 0.880. The van der Waals surface area contributed by atoms with Crippen molar-refractivity contribution in [2.75, 3.05) is 39.6 Å².